The van der Waals surface area contributed by atoms with Gasteiger partial charge in [-0.05, 0) is 0 Å². The van der Waals surface area contributed by atoms with Gasteiger partial charge in [0.05, 0.1) is 0 Å². The van der Waals surface area contributed by atoms with Crippen molar-refractivity contribution >= 4 is 18.0 Å². The van der Waals surface area contributed by atoms with Gasteiger partial charge >= 0.3 is 103 Å². The molecule has 0 rings (SSSR count). The first kappa shape index (κ1) is 16.3. The van der Waals surface area contributed by atoms with Gasteiger partial charge in [0, 0.05) is 6.53 Å². The molecule has 0 bridgehead atoms. The van der Waals surface area contributed by atoms with Crippen LogP contribution in [0.4, 0.5) is 0 Å². The van der Waals surface area contributed by atoms with Crippen molar-refractivity contribution in [3.63, 3.8) is 0 Å². The fourth-order valence-corrected chi connectivity index (χ4v) is 0. The van der Waals surface area contributed by atoms with E-state index in [2.05, 4.69) is 11.5 Å². The summed E-state index contributed by atoms with van der Waals surface area (Å²) in [6, 6.07) is 0. The first-order valence-electron chi connectivity index (χ1n) is 0.690. The molecule has 0 N–H and O–H groups in total. The topological polar surface area (TPSA) is 46.1 Å². The van der Waals surface area contributed by atoms with Crippen molar-refractivity contribution in [3.8, 4) is 0 Å². The van der Waals surface area contributed by atoms with Crippen LogP contribution in [-0.4, -0.2) is 6.53 Å². The van der Waals surface area contributed by atoms with E-state index in [-0.39, 0.29) is 103 Å². The third-order valence-corrected chi connectivity index (χ3v) is 0. The van der Waals surface area contributed by atoms with Crippen LogP contribution in [0.3, 0.4) is 0 Å². The van der Waals surface area contributed by atoms with E-state index < -0.39 is 6.53 Å². The summed E-state index contributed by atoms with van der Waals surface area (Å²) >= 11 is 4.16. The zero-order valence-corrected chi connectivity index (χ0v) is 10.8. The number of hydrogen-bond acceptors (Lipinski definition) is 2. The van der Waals surface area contributed by atoms with Crippen LogP contribution in [0.25, 0.3) is 0 Å². The van der Waals surface area contributed by atoms with Gasteiger partial charge in [-0.15, -0.1) is 0 Å². The second kappa shape index (κ2) is 11.4. The Labute approximate surface area is 127 Å². The van der Waals surface area contributed by atoms with E-state index >= 15 is 0 Å². The first-order chi connectivity index (χ1) is 1.73. The fourth-order valence-electron chi connectivity index (χ4n) is 0. The van der Waals surface area contributed by atoms with Crippen molar-refractivity contribution in [2.75, 3.05) is 0 Å². The van der Waals surface area contributed by atoms with Gasteiger partial charge in [0.1, 0.15) is 0 Å². The molecule has 0 aromatic carbocycles. The molecule has 24 valence electrons. The van der Waals surface area contributed by atoms with Gasteiger partial charge in [0.25, 0.3) is 0 Å². The van der Waals surface area contributed by atoms with Crippen LogP contribution in [-0.2, 0) is 0 Å². The Morgan fingerprint density at radius 3 is 1.17 bits per heavy atom. The quantitative estimate of drug-likeness (QED) is 0.327. The van der Waals surface area contributed by atoms with Crippen LogP contribution in [0, 0.1) is 0 Å². The average molecular weight is 156 g/mol. The molecule has 0 aliphatic carbocycles. The summed E-state index contributed by atoms with van der Waals surface area (Å²) in [5, 5.41) is 17.5. The van der Waals surface area contributed by atoms with Crippen LogP contribution < -0.4 is 113 Å². The number of rotatable bonds is 0. The van der Waals surface area contributed by atoms with E-state index in [0.29, 0.717) is 0 Å². The summed E-state index contributed by atoms with van der Waals surface area (Å²) in [6.07, 6.45) is 0. The Morgan fingerprint density at radius 1 is 1.17 bits per heavy atom. The largest absolute Gasteiger partial charge is 1.00 e. The fraction of sp³-hybridized carbons (Fsp3) is 0. The molecule has 0 aliphatic rings. The van der Waals surface area contributed by atoms with E-state index in [1.54, 1.807) is 0 Å². The molecule has 6 heavy (non-hydrogen) atoms. The third kappa shape index (κ3) is 25.7. The minimum Gasteiger partial charge on any atom is -0.881 e. The van der Waals surface area contributed by atoms with Gasteiger partial charge in [0.2, 0.25) is 0 Å². The molecule has 0 heterocycles. The van der Waals surface area contributed by atoms with E-state index in [0.717, 1.165) is 0 Å². The standard InChI is InChI=1S/BClO2.2K/c2-1(3)4;;/q-2;2*+1. The summed E-state index contributed by atoms with van der Waals surface area (Å²) in [4.78, 5) is 0. The maximum absolute atomic E-state index is 8.74. The Morgan fingerprint density at radius 2 is 1.17 bits per heavy atom. The Kier molecular flexibility index (Phi) is 30.8. The molecule has 0 aromatic heterocycles. The summed E-state index contributed by atoms with van der Waals surface area (Å²) in [7, 11) is 0. The summed E-state index contributed by atoms with van der Waals surface area (Å²) < 4.78 is 0. The summed E-state index contributed by atoms with van der Waals surface area (Å²) in [5.74, 6) is 0. The second-order valence-corrected chi connectivity index (χ2v) is 0.631. The van der Waals surface area contributed by atoms with Gasteiger partial charge in [-0.25, -0.2) is 11.5 Å². The van der Waals surface area contributed by atoms with E-state index in [1.165, 1.54) is 0 Å². The van der Waals surface area contributed by atoms with E-state index in [9.17, 15) is 0 Å². The molecular formula is BClK2O2. The molecule has 0 atom stereocenters. The van der Waals surface area contributed by atoms with Crippen molar-refractivity contribution in [1.82, 2.24) is 0 Å². The Bertz CT molecular complexity index is 16.3. The van der Waals surface area contributed by atoms with Crippen molar-refractivity contribution in [2.24, 2.45) is 0 Å². The molecular weight excluding hydrogens is 156 g/mol. The van der Waals surface area contributed by atoms with Crippen LogP contribution in [0.2, 0.25) is 0 Å². The molecule has 0 saturated heterocycles. The molecule has 0 amide bonds. The molecule has 0 unspecified atom stereocenters. The predicted molar refractivity (Wildman–Crippen MR) is 11.6 cm³/mol. The van der Waals surface area contributed by atoms with Gasteiger partial charge in [-0.1, -0.05) is 0 Å². The van der Waals surface area contributed by atoms with Crippen molar-refractivity contribution < 1.29 is 113 Å². The van der Waals surface area contributed by atoms with Crippen LogP contribution >= 0.6 is 11.5 Å². The van der Waals surface area contributed by atoms with Gasteiger partial charge < -0.3 is 10.0 Å². The average Bonchev–Trinajstić information content (AvgIpc) is 0.811. The minimum atomic E-state index is -2.19. The molecule has 2 nitrogen and oxygen atoms in total. The van der Waals surface area contributed by atoms with Crippen molar-refractivity contribution in [3.05, 3.63) is 0 Å². The molecule has 0 aromatic rings. The normalized spacial score (nSPS) is 4.50. The van der Waals surface area contributed by atoms with Crippen LogP contribution in [0.15, 0.2) is 0 Å². The van der Waals surface area contributed by atoms with Gasteiger partial charge in [-0.2, -0.15) is 0 Å². The molecule has 0 radical (unpaired) electrons. The van der Waals surface area contributed by atoms with Gasteiger partial charge in [0.15, 0.2) is 0 Å². The SMILES string of the molecule is [K+].[K+].[O-]B([O-])Cl. The monoisotopic (exact) mass is 156 g/mol. The zero-order chi connectivity index (χ0) is 3.58. The Hall–Kier alpha value is 3.55. The third-order valence-electron chi connectivity index (χ3n) is 0. The molecule has 0 saturated carbocycles. The molecule has 0 aliphatic heterocycles. The summed E-state index contributed by atoms with van der Waals surface area (Å²) in [5.41, 5.74) is 0. The van der Waals surface area contributed by atoms with Crippen LogP contribution in [0.5, 0.6) is 0 Å². The molecule has 0 fully saturated rings. The number of halogens is 1. The van der Waals surface area contributed by atoms with Gasteiger partial charge in [-0.3, -0.25) is 0 Å². The minimum absolute atomic E-state index is 0. The first-order valence-corrected chi connectivity index (χ1v) is 1.13. The van der Waals surface area contributed by atoms with E-state index in [1.807, 2.05) is 0 Å². The molecule has 6 heteroatoms. The summed E-state index contributed by atoms with van der Waals surface area (Å²) in [6.45, 7) is -2.19. The molecule has 0 spiro atoms. The van der Waals surface area contributed by atoms with Crippen molar-refractivity contribution in [1.29, 1.82) is 0 Å². The van der Waals surface area contributed by atoms with E-state index in [4.69, 9.17) is 10.0 Å². The van der Waals surface area contributed by atoms with Crippen molar-refractivity contribution in [2.45, 2.75) is 0 Å². The predicted octanol–water partition coefficient (Wildman–Crippen LogP) is -8.06. The zero-order valence-electron chi connectivity index (χ0n) is 3.77. The number of hydrogen-bond donors (Lipinski definition) is 0. The maximum Gasteiger partial charge on any atom is 1.00 e. The smallest absolute Gasteiger partial charge is 0.881 e. The maximum atomic E-state index is 8.74. The second-order valence-electron chi connectivity index (χ2n) is 0.274. The van der Waals surface area contributed by atoms with Crippen LogP contribution in [0.1, 0.15) is 0 Å². The Balaban J connectivity index is -0.0000000450.